The van der Waals surface area contributed by atoms with Crippen molar-refractivity contribution in [1.82, 2.24) is 19.7 Å². The Labute approximate surface area is 163 Å². The fourth-order valence-electron chi connectivity index (χ4n) is 2.94. The van der Waals surface area contributed by atoms with Crippen molar-refractivity contribution in [2.45, 2.75) is 39.7 Å². The molecule has 28 heavy (non-hydrogen) atoms. The molecule has 1 aromatic carbocycles. The molecule has 0 aliphatic heterocycles. The highest BCUT2D eigenvalue weighted by Gasteiger charge is 2.15. The summed E-state index contributed by atoms with van der Waals surface area (Å²) in [6.45, 7) is 4.24. The number of carboxylic acid groups (broad SMARTS) is 1. The monoisotopic (exact) mass is 378 g/mol. The molecule has 7 nitrogen and oxygen atoms in total. The molecule has 0 aliphatic rings. The molecule has 0 spiro atoms. The molecule has 0 fully saturated rings. The Morgan fingerprint density at radius 1 is 1.11 bits per heavy atom. The highest BCUT2D eigenvalue weighted by atomic mass is 16.4. The van der Waals surface area contributed by atoms with Crippen LogP contribution in [0.1, 0.15) is 59.2 Å². The van der Waals surface area contributed by atoms with Gasteiger partial charge in [0, 0.05) is 24.6 Å². The van der Waals surface area contributed by atoms with Crippen molar-refractivity contribution >= 4 is 11.8 Å². The molecule has 0 amide bonds. The van der Waals surface area contributed by atoms with Gasteiger partial charge in [0.2, 0.25) is 11.6 Å². The first kappa shape index (κ1) is 19.4. The first-order valence-electron chi connectivity index (χ1n) is 9.28. The minimum atomic E-state index is -0.973. The minimum Gasteiger partial charge on any atom is -0.478 e. The standard InChI is InChI=1S/C21H22N4O3/c1-3-7-19-23-20(18(26)4-2)24-25(19)13-15-11-10-14(12-22-15)16-8-5-6-9-17(16)21(27)28/h5-6,8-12H,3-4,7,13H2,1-2H3,(H,27,28). The number of rotatable bonds is 8. The Kier molecular flexibility index (Phi) is 5.93. The number of hydrogen-bond donors (Lipinski definition) is 1. The normalized spacial score (nSPS) is 10.8. The number of carbonyl (C=O) groups excluding carboxylic acids is 1. The highest BCUT2D eigenvalue weighted by Crippen LogP contribution is 2.23. The number of Topliss-reactive ketones (excluding diaryl/α,β-unsaturated/α-hetero) is 1. The van der Waals surface area contributed by atoms with Crippen LogP contribution in [0.25, 0.3) is 11.1 Å². The molecule has 0 radical (unpaired) electrons. The Hall–Kier alpha value is -3.35. The summed E-state index contributed by atoms with van der Waals surface area (Å²) in [6.07, 6.45) is 3.65. The third-order valence-electron chi connectivity index (χ3n) is 4.40. The Morgan fingerprint density at radius 3 is 2.54 bits per heavy atom. The molecular weight excluding hydrogens is 356 g/mol. The van der Waals surface area contributed by atoms with Crippen LogP contribution in [0.5, 0.6) is 0 Å². The van der Waals surface area contributed by atoms with Gasteiger partial charge < -0.3 is 5.11 Å². The fourth-order valence-corrected chi connectivity index (χ4v) is 2.94. The summed E-state index contributed by atoms with van der Waals surface area (Å²) in [6, 6.07) is 10.5. The number of nitrogens with zero attached hydrogens (tertiary/aromatic N) is 4. The topological polar surface area (TPSA) is 98.0 Å². The Balaban J connectivity index is 1.86. The number of hydrogen-bond acceptors (Lipinski definition) is 5. The molecule has 2 aromatic heterocycles. The van der Waals surface area contributed by atoms with Crippen LogP contribution < -0.4 is 0 Å². The van der Waals surface area contributed by atoms with Crippen molar-refractivity contribution in [2.24, 2.45) is 0 Å². The van der Waals surface area contributed by atoms with Crippen LogP contribution in [0.15, 0.2) is 42.6 Å². The molecule has 2 heterocycles. The molecular formula is C21H22N4O3. The number of aromatic nitrogens is 4. The maximum absolute atomic E-state index is 11.9. The van der Waals surface area contributed by atoms with Gasteiger partial charge in [0.1, 0.15) is 5.82 Å². The molecule has 1 N–H and O–H groups in total. The lowest BCUT2D eigenvalue weighted by atomic mass is 10.0. The van der Waals surface area contributed by atoms with Gasteiger partial charge in [-0.05, 0) is 24.1 Å². The minimum absolute atomic E-state index is 0.0790. The fraction of sp³-hybridized carbons (Fsp3) is 0.286. The smallest absolute Gasteiger partial charge is 0.336 e. The predicted octanol–water partition coefficient (Wildman–Crippen LogP) is 3.63. The van der Waals surface area contributed by atoms with Crippen molar-refractivity contribution in [3.05, 3.63) is 65.5 Å². The molecule has 0 bridgehead atoms. The quantitative estimate of drug-likeness (QED) is 0.601. The van der Waals surface area contributed by atoms with Crippen LogP contribution in [-0.2, 0) is 13.0 Å². The van der Waals surface area contributed by atoms with E-state index in [0.717, 1.165) is 29.9 Å². The number of aryl methyl sites for hydroxylation is 1. The number of aromatic carboxylic acids is 1. The molecule has 0 unspecified atom stereocenters. The number of benzene rings is 1. The predicted molar refractivity (Wildman–Crippen MR) is 104 cm³/mol. The van der Waals surface area contributed by atoms with Gasteiger partial charge in [0.15, 0.2) is 0 Å². The van der Waals surface area contributed by atoms with Gasteiger partial charge in [-0.25, -0.2) is 14.5 Å². The summed E-state index contributed by atoms with van der Waals surface area (Å²) in [5, 5.41) is 13.7. The van der Waals surface area contributed by atoms with Gasteiger partial charge in [-0.3, -0.25) is 9.78 Å². The van der Waals surface area contributed by atoms with Crippen LogP contribution in [0, 0.1) is 0 Å². The second kappa shape index (κ2) is 8.56. The van der Waals surface area contributed by atoms with E-state index in [4.69, 9.17) is 0 Å². The van der Waals surface area contributed by atoms with Crippen molar-refractivity contribution in [1.29, 1.82) is 0 Å². The third kappa shape index (κ3) is 4.14. The largest absolute Gasteiger partial charge is 0.478 e. The van der Waals surface area contributed by atoms with E-state index in [0.29, 0.717) is 18.5 Å². The number of carbonyl (C=O) groups is 2. The molecule has 0 saturated heterocycles. The zero-order chi connectivity index (χ0) is 20.1. The van der Waals surface area contributed by atoms with Crippen molar-refractivity contribution < 1.29 is 14.7 Å². The Morgan fingerprint density at radius 2 is 1.89 bits per heavy atom. The summed E-state index contributed by atoms with van der Waals surface area (Å²) >= 11 is 0. The summed E-state index contributed by atoms with van der Waals surface area (Å²) < 4.78 is 1.72. The maximum Gasteiger partial charge on any atom is 0.336 e. The van der Waals surface area contributed by atoms with Gasteiger partial charge in [0.05, 0.1) is 17.8 Å². The van der Waals surface area contributed by atoms with E-state index in [1.807, 2.05) is 19.1 Å². The molecule has 144 valence electrons. The van der Waals surface area contributed by atoms with E-state index >= 15 is 0 Å². The van der Waals surface area contributed by atoms with E-state index in [2.05, 4.69) is 15.1 Å². The van der Waals surface area contributed by atoms with Crippen LogP contribution in [0.4, 0.5) is 0 Å². The van der Waals surface area contributed by atoms with Gasteiger partial charge >= 0.3 is 5.97 Å². The van der Waals surface area contributed by atoms with E-state index in [-0.39, 0.29) is 17.2 Å². The second-order valence-electron chi connectivity index (χ2n) is 6.42. The van der Waals surface area contributed by atoms with E-state index in [1.54, 1.807) is 42.1 Å². The van der Waals surface area contributed by atoms with Crippen molar-refractivity contribution in [3.8, 4) is 11.1 Å². The van der Waals surface area contributed by atoms with Gasteiger partial charge in [-0.1, -0.05) is 38.1 Å². The number of ketones is 1. The van der Waals surface area contributed by atoms with Crippen LogP contribution in [0.2, 0.25) is 0 Å². The zero-order valence-electron chi connectivity index (χ0n) is 15.9. The average Bonchev–Trinajstić information content (AvgIpc) is 3.10. The highest BCUT2D eigenvalue weighted by molar-refractivity contribution is 5.95. The van der Waals surface area contributed by atoms with Gasteiger partial charge in [-0.15, -0.1) is 5.10 Å². The van der Waals surface area contributed by atoms with Crippen molar-refractivity contribution in [2.75, 3.05) is 0 Å². The third-order valence-corrected chi connectivity index (χ3v) is 4.40. The number of carboxylic acids is 1. The first-order valence-corrected chi connectivity index (χ1v) is 9.28. The first-order chi connectivity index (χ1) is 13.5. The van der Waals surface area contributed by atoms with Gasteiger partial charge in [0.25, 0.3) is 0 Å². The molecule has 0 atom stereocenters. The van der Waals surface area contributed by atoms with E-state index in [1.165, 1.54) is 0 Å². The lowest BCUT2D eigenvalue weighted by Crippen LogP contribution is -2.09. The van der Waals surface area contributed by atoms with Gasteiger partial charge in [-0.2, -0.15) is 0 Å². The molecule has 3 rings (SSSR count). The van der Waals surface area contributed by atoms with Crippen LogP contribution in [0.3, 0.4) is 0 Å². The van der Waals surface area contributed by atoms with Crippen molar-refractivity contribution in [3.63, 3.8) is 0 Å². The molecule has 3 aromatic rings. The summed E-state index contributed by atoms with van der Waals surface area (Å²) in [5.41, 5.74) is 2.35. The maximum atomic E-state index is 11.9. The summed E-state index contributed by atoms with van der Waals surface area (Å²) in [4.78, 5) is 32.2. The Bertz CT molecular complexity index is 993. The van der Waals surface area contributed by atoms with Crippen LogP contribution in [-0.4, -0.2) is 36.6 Å². The lowest BCUT2D eigenvalue weighted by Gasteiger charge is -2.08. The van der Waals surface area contributed by atoms with E-state index in [9.17, 15) is 14.7 Å². The SMILES string of the molecule is CCCc1nc(C(=O)CC)nn1Cc1ccc(-c2ccccc2C(=O)O)cn1. The second-order valence-corrected chi connectivity index (χ2v) is 6.42. The number of pyridine rings is 1. The molecule has 7 heteroatoms. The summed E-state index contributed by atoms with van der Waals surface area (Å²) in [5.74, 6) is -0.0383. The van der Waals surface area contributed by atoms with E-state index < -0.39 is 5.97 Å². The average molecular weight is 378 g/mol. The van der Waals surface area contributed by atoms with Crippen LogP contribution >= 0.6 is 0 Å². The zero-order valence-corrected chi connectivity index (χ0v) is 15.9. The molecule has 0 saturated carbocycles. The molecule has 0 aliphatic carbocycles. The summed E-state index contributed by atoms with van der Waals surface area (Å²) in [7, 11) is 0. The lowest BCUT2D eigenvalue weighted by molar-refractivity contribution is 0.0697.